The quantitative estimate of drug-likeness (QED) is 0.859. The predicted molar refractivity (Wildman–Crippen MR) is 82.2 cm³/mol. The van der Waals surface area contributed by atoms with E-state index < -0.39 is 5.97 Å². The molecule has 1 saturated heterocycles. The van der Waals surface area contributed by atoms with Crippen LogP contribution in [-0.4, -0.2) is 49.2 Å². The van der Waals surface area contributed by atoms with Crippen molar-refractivity contribution < 1.29 is 9.90 Å². The molecule has 4 heteroatoms. The van der Waals surface area contributed by atoms with Crippen LogP contribution in [0.2, 0.25) is 0 Å². The van der Waals surface area contributed by atoms with Crippen LogP contribution in [0.25, 0.3) is 6.08 Å². The van der Waals surface area contributed by atoms with Gasteiger partial charge in [0.2, 0.25) is 0 Å². The highest BCUT2D eigenvalue weighted by molar-refractivity contribution is 5.85. The number of benzene rings is 1. The molecule has 0 aromatic heterocycles. The zero-order chi connectivity index (χ0) is 14.5. The molecule has 20 heavy (non-hydrogen) atoms. The third-order valence-electron chi connectivity index (χ3n) is 3.74. The van der Waals surface area contributed by atoms with Gasteiger partial charge in [-0.15, -0.1) is 0 Å². The lowest BCUT2D eigenvalue weighted by atomic mass is 10.1. The summed E-state index contributed by atoms with van der Waals surface area (Å²) in [6.07, 6.45) is 4.01. The Morgan fingerprint density at radius 3 is 2.75 bits per heavy atom. The summed E-state index contributed by atoms with van der Waals surface area (Å²) in [4.78, 5) is 15.3. The van der Waals surface area contributed by atoms with Crippen LogP contribution < -0.4 is 4.90 Å². The molecule has 4 nitrogen and oxygen atoms in total. The van der Waals surface area contributed by atoms with Gasteiger partial charge in [0, 0.05) is 31.4 Å². The highest BCUT2D eigenvalue weighted by Crippen LogP contribution is 2.21. The molecule has 1 heterocycles. The topological polar surface area (TPSA) is 43.8 Å². The normalized spacial score (nSPS) is 17.4. The van der Waals surface area contributed by atoms with Crippen LogP contribution in [0.5, 0.6) is 0 Å². The van der Waals surface area contributed by atoms with Crippen LogP contribution in [0.3, 0.4) is 0 Å². The van der Waals surface area contributed by atoms with Crippen molar-refractivity contribution in [3.8, 4) is 0 Å². The Hall–Kier alpha value is -1.81. The van der Waals surface area contributed by atoms with Crippen molar-refractivity contribution in [1.82, 2.24) is 4.90 Å². The molecule has 1 aliphatic rings. The summed E-state index contributed by atoms with van der Waals surface area (Å²) in [6.45, 7) is 6.37. The number of carboxylic acids is 1. The summed E-state index contributed by atoms with van der Waals surface area (Å²) >= 11 is 0. The standard InChI is InChI=1S/C16H22N2O2/c1-13-12-15(6-4-14(13)5-7-16(19)20)18-9-3-8-17(2)10-11-18/h4-7,12H,3,8-11H2,1-2H3,(H,19,20). The van der Waals surface area contributed by atoms with Gasteiger partial charge in [-0.3, -0.25) is 0 Å². The number of rotatable bonds is 3. The van der Waals surface area contributed by atoms with E-state index in [0.29, 0.717) is 0 Å². The van der Waals surface area contributed by atoms with E-state index in [1.807, 2.05) is 13.0 Å². The van der Waals surface area contributed by atoms with Crippen LogP contribution in [0.4, 0.5) is 5.69 Å². The molecule has 0 amide bonds. The number of aliphatic carboxylic acids is 1. The molecule has 108 valence electrons. The Balaban J connectivity index is 2.13. The van der Waals surface area contributed by atoms with E-state index in [9.17, 15) is 4.79 Å². The second-order valence-corrected chi connectivity index (χ2v) is 5.36. The van der Waals surface area contributed by atoms with Crippen molar-refractivity contribution in [2.24, 2.45) is 0 Å². The second kappa shape index (κ2) is 6.57. The maximum absolute atomic E-state index is 10.6. The van der Waals surface area contributed by atoms with E-state index in [0.717, 1.165) is 37.3 Å². The van der Waals surface area contributed by atoms with Gasteiger partial charge >= 0.3 is 5.97 Å². The fraction of sp³-hybridized carbons (Fsp3) is 0.438. The molecule has 1 N–H and O–H groups in total. The number of carboxylic acid groups (broad SMARTS) is 1. The zero-order valence-electron chi connectivity index (χ0n) is 12.2. The molecule has 0 radical (unpaired) electrons. The molecule has 2 rings (SSSR count). The van der Waals surface area contributed by atoms with Crippen molar-refractivity contribution in [3.05, 3.63) is 35.4 Å². The first-order chi connectivity index (χ1) is 9.56. The Bertz CT molecular complexity index is 511. The minimum absolute atomic E-state index is 0.913. The van der Waals surface area contributed by atoms with Gasteiger partial charge in [-0.25, -0.2) is 4.79 Å². The van der Waals surface area contributed by atoms with Gasteiger partial charge in [0.25, 0.3) is 0 Å². The maximum atomic E-state index is 10.6. The summed E-state index contributed by atoms with van der Waals surface area (Å²) < 4.78 is 0. The number of likely N-dealkylation sites (N-methyl/N-ethyl adjacent to an activating group) is 1. The van der Waals surface area contributed by atoms with E-state index in [1.54, 1.807) is 6.08 Å². The average molecular weight is 274 g/mol. The molecule has 1 aromatic carbocycles. The van der Waals surface area contributed by atoms with Crippen molar-refractivity contribution in [1.29, 1.82) is 0 Å². The van der Waals surface area contributed by atoms with Crippen LogP contribution in [-0.2, 0) is 4.79 Å². The lowest BCUT2D eigenvalue weighted by Gasteiger charge is -2.23. The van der Waals surface area contributed by atoms with Gasteiger partial charge in [0.05, 0.1) is 0 Å². The first-order valence-electron chi connectivity index (χ1n) is 7.01. The smallest absolute Gasteiger partial charge is 0.328 e. The molecular formula is C16H22N2O2. The zero-order valence-corrected chi connectivity index (χ0v) is 12.2. The number of anilines is 1. The van der Waals surface area contributed by atoms with E-state index in [4.69, 9.17) is 5.11 Å². The number of carbonyl (C=O) groups is 1. The van der Waals surface area contributed by atoms with Gasteiger partial charge in [0.1, 0.15) is 0 Å². The number of nitrogens with zero attached hydrogens (tertiary/aromatic N) is 2. The molecule has 0 aliphatic carbocycles. The molecule has 1 fully saturated rings. The first kappa shape index (κ1) is 14.6. The minimum atomic E-state index is -0.913. The Labute approximate surface area is 120 Å². The van der Waals surface area contributed by atoms with Crippen LogP contribution in [0.1, 0.15) is 17.5 Å². The number of aryl methyl sites for hydroxylation is 1. The van der Waals surface area contributed by atoms with Crippen molar-refractivity contribution in [2.45, 2.75) is 13.3 Å². The summed E-state index contributed by atoms with van der Waals surface area (Å²) in [5.41, 5.74) is 3.30. The third kappa shape index (κ3) is 3.84. The van der Waals surface area contributed by atoms with Crippen molar-refractivity contribution in [2.75, 3.05) is 38.1 Å². The molecule has 0 atom stereocenters. The Morgan fingerprint density at radius 1 is 1.25 bits per heavy atom. The van der Waals surface area contributed by atoms with Gasteiger partial charge < -0.3 is 14.9 Å². The Morgan fingerprint density at radius 2 is 2.05 bits per heavy atom. The Kier molecular flexibility index (Phi) is 4.79. The highest BCUT2D eigenvalue weighted by atomic mass is 16.4. The molecule has 1 aliphatic heterocycles. The molecular weight excluding hydrogens is 252 g/mol. The number of hydrogen-bond acceptors (Lipinski definition) is 3. The van der Waals surface area contributed by atoms with Crippen LogP contribution in [0.15, 0.2) is 24.3 Å². The fourth-order valence-corrected chi connectivity index (χ4v) is 2.51. The first-order valence-corrected chi connectivity index (χ1v) is 7.01. The largest absolute Gasteiger partial charge is 0.478 e. The van der Waals surface area contributed by atoms with Gasteiger partial charge in [0.15, 0.2) is 0 Å². The molecule has 0 spiro atoms. The summed E-state index contributed by atoms with van der Waals surface area (Å²) in [6, 6.07) is 6.23. The average Bonchev–Trinajstić information content (AvgIpc) is 2.62. The monoisotopic (exact) mass is 274 g/mol. The summed E-state index contributed by atoms with van der Waals surface area (Å²) in [5.74, 6) is -0.913. The molecule has 0 unspecified atom stereocenters. The summed E-state index contributed by atoms with van der Waals surface area (Å²) in [5, 5.41) is 8.68. The van der Waals surface area contributed by atoms with Gasteiger partial charge in [-0.05, 0) is 56.3 Å². The lowest BCUT2D eigenvalue weighted by molar-refractivity contribution is -0.131. The summed E-state index contributed by atoms with van der Waals surface area (Å²) in [7, 11) is 2.16. The maximum Gasteiger partial charge on any atom is 0.328 e. The predicted octanol–water partition coefficient (Wildman–Crippen LogP) is 2.23. The fourth-order valence-electron chi connectivity index (χ4n) is 2.51. The van der Waals surface area contributed by atoms with Crippen LogP contribution >= 0.6 is 0 Å². The van der Waals surface area contributed by atoms with Gasteiger partial charge in [-0.2, -0.15) is 0 Å². The minimum Gasteiger partial charge on any atom is -0.478 e. The van der Waals surface area contributed by atoms with E-state index >= 15 is 0 Å². The SMILES string of the molecule is Cc1cc(N2CCCN(C)CC2)ccc1C=CC(=O)O. The molecule has 0 saturated carbocycles. The number of hydrogen-bond donors (Lipinski definition) is 1. The second-order valence-electron chi connectivity index (χ2n) is 5.36. The van der Waals surface area contributed by atoms with E-state index in [1.165, 1.54) is 18.2 Å². The van der Waals surface area contributed by atoms with Crippen LogP contribution in [0, 0.1) is 6.92 Å². The molecule has 0 bridgehead atoms. The van der Waals surface area contributed by atoms with Crippen molar-refractivity contribution >= 4 is 17.7 Å². The van der Waals surface area contributed by atoms with Gasteiger partial charge in [-0.1, -0.05) is 6.07 Å². The lowest BCUT2D eigenvalue weighted by Crippen LogP contribution is -2.28. The highest BCUT2D eigenvalue weighted by Gasteiger charge is 2.12. The van der Waals surface area contributed by atoms with Crippen molar-refractivity contribution in [3.63, 3.8) is 0 Å². The van der Waals surface area contributed by atoms with E-state index in [2.05, 4.69) is 29.0 Å². The van der Waals surface area contributed by atoms with E-state index in [-0.39, 0.29) is 0 Å². The third-order valence-corrected chi connectivity index (χ3v) is 3.74. The molecule has 1 aromatic rings.